The summed E-state index contributed by atoms with van der Waals surface area (Å²) in [5.74, 6) is 0.850. The minimum Gasteiger partial charge on any atom is -0.497 e. The van der Waals surface area contributed by atoms with Crippen LogP contribution in [0.3, 0.4) is 0 Å². The van der Waals surface area contributed by atoms with Gasteiger partial charge in [0, 0.05) is 61.7 Å². The molecule has 4 aromatic rings. The third kappa shape index (κ3) is 2.65. The number of methoxy groups -OCH3 is 1. The van der Waals surface area contributed by atoms with Gasteiger partial charge in [0.25, 0.3) is 0 Å². The van der Waals surface area contributed by atoms with E-state index in [1.807, 2.05) is 42.2 Å². The molecule has 0 saturated carbocycles. The van der Waals surface area contributed by atoms with Crippen molar-refractivity contribution in [3.05, 3.63) is 65.7 Å². The van der Waals surface area contributed by atoms with Gasteiger partial charge in [0.1, 0.15) is 5.75 Å². The molecule has 0 spiro atoms. The molecule has 7 heteroatoms. The average molecular weight is 400 g/mol. The first-order valence-corrected chi connectivity index (χ1v) is 10.5. The van der Waals surface area contributed by atoms with Gasteiger partial charge < -0.3 is 4.74 Å². The Morgan fingerprint density at radius 3 is 2.77 bits per heavy atom. The molecule has 2 aliphatic rings. The second-order valence-corrected chi connectivity index (χ2v) is 8.26. The molecule has 30 heavy (non-hydrogen) atoms. The lowest BCUT2D eigenvalue weighted by Crippen LogP contribution is -2.38. The zero-order chi connectivity index (χ0) is 20.2. The maximum Gasteiger partial charge on any atom is 0.155 e. The van der Waals surface area contributed by atoms with Crippen molar-refractivity contribution in [2.45, 2.75) is 37.9 Å². The predicted molar refractivity (Wildman–Crippen MR) is 113 cm³/mol. The molecule has 2 bridgehead atoms. The molecule has 1 fully saturated rings. The molecule has 6 rings (SSSR count). The molecule has 2 aliphatic heterocycles. The molecule has 0 N–H and O–H groups in total. The molecule has 1 saturated heterocycles. The van der Waals surface area contributed by atoms with Crippen LogP contribution in [0.15, 0.2) is 48.8 Å². The summed E-state index contributed by atoms with van der Waals surface area (Å²) in [6.45, 7) is 0.930. The van der Waals surface area contributed by atoms with Crippen LogP contribution >= 0.6 is 0 Å². The fraction of sp³-hybridized carbons (Fsp3) is 0.348. The highest BCUT2D eigenvalue weighted by Crippen LogP contribution is 2.44. The number of ether oxygens (including phenoxy) is 1. The lowest BCUT2D eigenvalue weighted by molar-refractivity contribution is 0.161. The van der Waals surface area contributed by atoms with Crippen molar-refractivity contribution in [2.24, 2.45) is 7.05 Å². The summed E-state index contributed by atoms with van der Waals surface area (Å²) in [6, 6.07) is 13.2. The summed E-state index contributed by atoms with van der Waals surface area (Å²) in [5, 5.41) is 9.28. The van der Waals surface area contributed by atoms with Gasteiger partial charge in [-0.3, -0.25) is 9.58 Å². The minimum atomic E-state index is 0.402. The highest BCUT2D eigenvalue weighted by atomic mass is 16.5. The molecule has 0 aliphatic carbocycles. The highest BCUT2D eigenvalue weighted by molar-refractivity contribution is 5.65. The molecule has 0 radical (unpaired) electrons. The Balaban J connectivity index is 1.38. The summed E-state index contributed by atoms with van der Waals surface area (Å²) in [5.41, 5.74) is 6.83. The van der Waals surface area contributed by atoms with Crippen molar-refractivity contribution < 1.29 is 4.74 Å². The van der Waals surface area contributed by atoms with Crippen LogP contribution in [-0.2, 0) is 20.0 Å². The standard InChI is InChI=1S/C23H24N6O/c1-27-17(9-10-25-27)14-28-16-5-8-21(28)19-13-24-23-12-20(26-29(23)22(19)11-16)15-3-6-18(30-2)7-4-15/h3-4,6-7,9-10,12-13,16,21H,5,8,11,14H2,1-2H3/t16-,21-/m1/s1. The van der Waals surface area contributed by atoms with E-state index in [4.69, 9.17) is 14.8 Å². The van der Waals surface area contributed by atoms with Crippen molar-refractivity contribution in [2.75, 3.05) is 7.11 Å². The number of rotatable bonds is 4. The fourth-order valence-electron chi connectivity index (χ4n) is 5.08. The smallest absolute Gasteiger partial charge is 0.155 e. The van der Waals surface area contributed by atoms with E-state index in [1.165, 1.54) is 29.8 Å². The summed E-state index contributed by atoms with van der Waals surface area (Å²) in [6.07, 6.45) is 7.35. The molecular formula is C23H24N6O. The number of nitrogens with zero attached hydrogens (tertiary/aromatic N) is 6. The molecule has 1 aromatic carbocycles. The molecule has 0 unspecified atom stereocenters. The Kier molecular flexibility index (Phi) is 3.92. The monoisotopic (exact) mass is 400 g/mol. The van der Waals surface area contributed by atoms with Crippen molar-refractivity contribution in [3.8, 4) is 17.0 Å². The molecule has 5 heterocycles. The van der Waals surface area contributed by atoms with Gasteiger partial charge >= 0.3 is 0 Å². The number of benzene rings is 1. The molecule has 3 aromatic heterocycles. The van der Waals surface area contributed by atoms with Crippen LogP contribution in [0.4, 0.5) is 0 Å². The van der Waals surface area contributed by atoms with E-state index in [0.717, 1.165) is 35.6 Å². The second kappa shape index (κ2) is 6.67. The summed E-state index contributed by atoms with van der Waals surface area (Å²) >= 11 is 0. The van der Waals surface area contributed by atoms with E-state index >= 15 is 0 Å². The van der Waals surface area contributed by atoms with E-state index in [1.54, 1.807) is 7.11 Å². The van der Waals surface area contributed by atoms with Crippen LogP contribution in [0.1, 0.15) is 35.8 Å². The van der Waals surface area contributed by atoms with E-state index in [2.05, 4.69) is 32.8 Å². The molecule has 7 nitrogen and oxygen atoms in total. The van der Waals surface area contributed by atoms with Crippen LogP contribution in [0.25, 0.3) is 16.9 Å². The number of aromatic nitrogens is 5. The largest absolute Gasteiger partial charge is 0.497 e. The van der Waals surface area contributed by atoms with Crippen LogP contribution in [0.2, 0.25) is 0 Å². The fourth-order valence-corrected chi connectivity index (χ4v) is 5.08. The van der Waals surface area contributed by atoms with Gasteiger partial charge in [0.2, 0.25) is 0 Å². The lowest BCUT2D eigenvalue weighted by Gasteiger charge is -2.36. The Hall–Kier alpha value is -3.19. The normalized spacial score (nSPS) is 20.6. The van der Waals surface area contributed by atoms with Gasteiger partial charge in [0.15, 0.2) is 5.65 Å². The van der Waals surface area contributed by atoms with Crippen molar-refractivity contribution in [1.82, 2.24) is 29.3 Å². The quantitative estimate of drug-likeness (QED) is 0.525. The Labute approximate surface area is 174 Å². The first-order chi connectivity index (χ1) is 14.7. The van der Waals surface area contributed by atoms with Crippen LogP contribution < -0.4 is 4.74 Å². The zero-order valence-corrected chi connectivity index (χ0v) is 17.2. The maximum absolute atomic E-state index is 5.28. The lowest BCUT2D eigenvalue weighted by atomic mass is 9.99. The van der Waals surface area contributed by atoms with Crippen LogP contribution in [-0.4, -0.2) is 42.4 Å². The van der Waals surface area contributed by atoms with Crippen molar-refractivity contribution in [1.29, 1.82) is 0 Å². The Morgan fingerprint density at radius 1 is 1.13 bits per heavy atom. The van der Waals surface area contributed by atoms with E-state index in [-0.39, 0.29) is 0 Å². The van der Waals surface area contributed by atoms with Gasteiger partial charge in [-0.2, -0.15) is 10.2 Å². The molecule has 0 amide bonds. The van der Waals surface area contributed by atoms with Crippen LogP contribution in [0, 0.1) is 0 Å². The van der Waals surface area contributed by atoms with Crippen molar-refractivity contribution >= 4 is 5.65 Å². The summed E-state index contributed by atoms with van der Waals surface area (Å²) < 4.78 is 9.32. The topological polar surface area (TPSA) is 60.5 Å². The third-order valence-corrected chi connectivity index (χ3v) is 6.70. The second-order valence-electron chi connectivity index (χ2n) is 8.26. The molecular weight excluding hydrogens is 376 g/mol. The zero-order valence-electron chi connectivity index (χ0n) is 17.2. The van der Waals surface area contributed by atoms with Crippen LogP contribution in [0.5, 0.6) is 5.75 Å². The predicted octanol–water partition coefficient (Wildman–Crippen LogP) is 3.40. The van der Waals surface area contributed by atoms with Gasteiger partial charge in [-0.05, 0) is 43.2 Å². The molecule has 2 atom stereocenters. The maximum atomic E-state index is 5.28. The van der Waals surface area contributed by atoms with E-state index < -0.39 is 0 Å². The third-order valence-electron chi connectivity index (χ3n) is 6.70. The number of hydrogen-bond acceptors (Lipinski definition) is 5. The molecule has 152 valence electrons. The number of aryl methyl sites for hydroxylation is 1. The number of fused-ring (bicyclic) bond motifs is 6. The van der Waals surface area contributed by atoms with E-state index in [0.29, 0.717) is 12.1 Å². The minimum absolute atomic E-state index is 0.402. The van der Waals surface area contributed by atoms with Gasteiger partial charge in [-0.25, -0.2) is 9.50 Å². The highest BCUT2D eigenvalue weighted by Gasteiger charge is 2.41. The Morgan fingerprint density at radius 2 is 2.00 bits per heavy atom. The SMILES string of the molecule is COc1ccc(-c2cc3ncc4c(n3n2)C[C@H]2CC[C@H]4N2Cc2ccnn2C)cc1. The summed E-state index contributed by atoms with van der Waals surface area (Å²) in [7, 11) is 3.70. The van der Waals surface area contributed by atoms with Crippen molar-refractivity contribution in [3.63, 3.8) is 0 Å². The summed E-state index contributed by atoms with van der Waals surface area (Å²) in [4.78, 5) is 7.40. The van der Waals surface area contributed by atoms with E-state index in [9.17, 15) is 0 Å². The average Bonchev–Trinajstić information content (AvgIpc) is 3.46. The van der Waals surface area contributed by atoms with Gasteiger partial charge in [-0.1, -0.05) is 0 Å². The first-order valence-electron chi connectivity index (χ1n) is 10.5. The number of hydrogen-bond donors (Lipinski definition) is 0. The Bertz CT molecular complexity index is 1220. The van der Waals surface area contributed by atoms with Gasteiger partial charge in [-0.15, -0.1) is 0 Å². The first kappa shape index (κ1) is 17.7. The van der Waals surface area contributed by atoms with Gasteiger partial charge in [0.05, 0.1) is 24.2 Å².